The van der Waals surface area contributed by atoms with E-state index in [1.807, 2.05) is 6.07 Å². The molecule has 1 aliphatic carbocycles. The lowest BCUT2D eigenvalue weighted by Crippen LogP contribution is -2.38. The zero-order chi connectivity index (χ0) is 13.9. The smallest absolute Gasteiger partial charge is 0.314 e. The zero-order valence-corrected chi connectivity index (χ0v) is 11.2. The van der Waals surface area contributed by atoms with E-state index in [1.54, 1.807) is 12.1 Å². The number of aliphatic hydroxyl groups excluding tert-OH is 1. The highest BCUT2D eigenvalue weighted by Crippen LogP contribution is 2.44. The third-order valence-electron chi connectivity index (χ3n) is 4.10. The molecule has 0 radical (unpaired) electrons. The van der Waals surface area contributed by atoms with Crippen LogP contribution >= 0.6 is 0 Å². The van der Waals surface area contributed by atoms with Crippen LogP contribution in [-0.4, -0.2) is 23.3 Å². The molecule has 104 valence electrons. The van der Waals surface area contributed by atoms with Gasteiger partial charge < -0.3 is 14.9 Å². The second kappa shape index (κ2) is 5.61. The fourth-order valence-corrected chi connectivity index (χ4v) is 3.08. The quantitative estimate of drug-likeness (QED) is 0.876. The number of rotatable bonds is 4. The minimum Gasteiger partial charge on any atom is -0.496 e. The summed E-state index contributed by atoms with van der Waals surface area (Å²) in [4.78, 5) is 11.8. The van der Waals surface area contributed by atoms with Crippen molar-refractivity contribution in [3.05, 3.63) is 29.3 Å². The molecule has 19 heavy (non-hydrogen) atoms. The molecule has 0 unspecified atom stereocenters. The molecule has 2 N–H and O–H groups in total. The maximum atomic E-state index is 11.8. The number of ether oxygens (including phenoxy) is 1. The van der Waals surface area contributed by atoms with Gasteiger partial charge in [-0.15, -0.1) is 0 Å². The number of carboxylic acids is 1. The number of carboxylic acid groups (broad SMARTS) is 1. The van der Waals surface area contributed by atoms with Gasteiger partial charge in [0.2, 0.25) is 0 Å². The van der Waals surface area contributed by atoms with Gasteiger partial charge in [-0.3, -0.25) is 4.79 Å². The molecule has 0 saturated heterocycles. The van der Waals surface area contributed by atoms with Crippen molar-refractivity contribution in [3.8, 4) is 5.75 Å². The maximum absolute atomic E-state index is 11.8. The summed E-state index contributed by atoms with van der Waals surface area (Å²) in [5.41, 5.74) is 0.481. The average molecular weight is 264 g/mol. The fourth-order valence-electron chi connectivity index (χ4n) is 3.08. The lowest BCUT2D eigenvalue weighted by Gasteiger charge is -2.35. The highest BCUT2D eigenvalue weighted by molar-refractivity contribution is 5.83. The van der Waals surface area contributed by atoms with Gasteiger partial charge in [0, 0.05) is 11.1 Å². The Bertz CT molecular complexity index is 461. The number of benzene rings is 1. The Balaban J connectivity index is 2.56. The van der Waals surface area contributed by atoms with Crippen LogP contribution in [-0.2, 0) is 16.8 Å². The van der Waals surface area contributed by atoms with E-state index < -0.39 is 11.4 Å². The first-order valence-electron chi connectivity index (χ1n) is 6.66. The fraction of sp³-hybridized carbons (Fsp3) is 0.533. The van der Waals surface area contributed by atoms with Crippen LogP contribution in [0, 0.1) is 0 Å². The Kier molecular flexibility index (Phi) is 4.10. The van der Waals surface area contributed by atoms with Crippen LogP contribution in [0.2, 0.25) is 0 Å². The average Bonchev–Trinajstić information content (AvgIpc) is 2.46. The van der Waals surface area contributed by atoms with E-state index in [9.17, 15) is 15.0 Å². The summed E-state index contributed by atoms with van der Waals surface area (Å²) < 4.78 is 5.37. The molecule has 0 spiro atoms. The van der Waals surface area contributed by atoms with Crippen molar-refractivity contribution in [3.63, 3.8) is 0 Å². The highest BCUT2D eigenvalue weighted by Gasteiger charge is 2.43. The van der Waals surface area contributed by atoms with Crippen molar-refractivity contribution in [2.45, 2.75) is 44.1 Å². The number of para-hydroxylation sites is 1. The first-order chi connectivity index (χ1) is 9.15. The minimum absolute atomic E-state index is 0.146. The Morgan fingerprint density at radius 2 is 2.00 bits per heavy atom. The maximum Gasteiger partial charge on any atom is 0.314 e. The molecule has 0 amide bonds. The third kappa shape index (κ3) is 2.32. The van der Waals surface area contributed by atoms with Crippen LogP contribution in [0.25, 0.3) is 0 Å². The Labute approximate surface area is 113 Å². The molecule has 1 aliphatic rings. The molecule has 0 heterocycles. The van der Waals surface area contributed by atoms with Gasteiger partial charge in [0.25, 0.3) is 0 Å². The van der Waals surface area contributed by atoms with Crippen LogP contribution in [0.15, 0.2) is 18.2 Å². The lowest BCUT2D eigenvalue weighted by atomic mass is 9.69. The van der Waals surface area contributed by atoms with Gasteiger partial charge in [-0.1, -0.05) is 37.5 Å². The topological polar surface area (TPSA) is 66.8 Å². The van der Waals surface area contributed by atoms with Crippen LogP contribution in [0.1, 0.15) is 43.2 Å². The summed E-state index contributed by atoms with van der Waals surface area (Å²) in [5, 5.41) is 19.1. The summed E-state index contributed by atoms with van der Waals surface area (Å²) in [7, 11) is 1.52. The molecule has 1 aromatic carbocycles. The van der Waals surface area contributed by atoms with E-state index >= 15 is 0 Å². The Morgan fingerprint density at radius 3 is 2.53 bits per heavy atom. The molecule has 1 saturated carbocycles. The number of methoxy groups -OCH3 is 1. The molecule has 0 bridgehead atoms. The number of aliphatic hydroxyl groups is 1. The molecule has 0 aliphatic heterocycles. The van der Waals surface area contributed by atoms with Crippen molar-refractivity contribution in [1.29, 1.82) is 0 Å². The summed E-state index contributed by atoms with van der Waals surface area (Å²) in [5.74, 6) is -0.269. The van der Waals surface area contributed by atoms with E-state index in [0.717, 1.165) is 19.3 Å². The van der Waals surface area contributed by atoms with Crippen LogP contribution in [0.4, 0.5) is 0 Å². The highest BCUT2D eigenvalue weighted by atomic mass is 16.5. The largest absolute Gasteiger partial charge is 0.496 e. The van der Waals surface area contributed by atoms with Gasteiger partial charge in [0.05, 0.1) is 19.1 Å². The van der Waals surface area contributed by atoms with Crippen LogP contribution < -0.4 is 4.74 Å². The molecule has 2 rings (SSSR count). The van der Waals surface area contributed by atoms with E-state index in [2.05, 4.69) is 0 Å². The summed E-state index contributed by atoms with van der Waals surface area (Å²) >= 11 is 0. The zero-order valence-electron chi connectivity index (χ0n) is 11.2. The van der Waals surface area contributed by atoms with Gasteiger partial charge in [0.1, 0.15) is 5.75 Å². The third-order valence-corrected chi connectivity index (χ3v) is 4.10. The first-order valence-corrected chi connectivity index (χ1v) is 6.66. The predicted octanol–water partition coefficient (Wildman–Crippen LogP) is 2.47. The minimum atomic E-state index is -0.866. The van der Waals surface area contributed by atoms with Crippen molar-refractivity contribution >= 4 is 5.97 Å². The van der Waals surface area contributed by atoms with Gasteiger partial charge in [-0.2, -0.15) is 0 Å². The normalized spacial score (nSPS) is 18.0. The van der Waals surface area contributed by atoms with Gasteiger partial charge in [-0.05, 0) is 12.8 Å². The molecule has 1 fully saturated rings. The van der Waals surface area contributed by atoms with E-state index in [4.69, 9.17) is 4.74 Å². The molecule has 4 heteroatoms. The second-order valence-corrected chi connectivity index (χ2v) is 5.10. The lowest BCUT2D eigenvalue weighted by molar-refractivity contribution is -0.145. The summed E-state index contributed by atoms with van der Waals surface area (Å²) in [6, 6.07) is 5.38. The van der Waals surface area contributed by atoms with Gasteiger partial charge >= 0.3 is 5.97 Å². The Morgan fingerprint density at radius 1 is 1.32 bits per heavy atom. The van der Waals surface area contributed by atoms with Gasteiger partial charge in [0.15, 0.2) is 0 Å². The molecule has 4 nitrogen and oxygen atoms in total. The number of carbonyl (C=O) groups is 1. The van der Waals surface area contributed by atoms with Crippen molar-refractivity contribution in [2.24, 2.45) is 0 Å². The number of aliphatic carboxylic acids is 1. The van der Waals surface area contributed by atoms with E-state index in [1.165, 1.54) is 7.11 Å². The molecular formula is C15H20O4. The standard InChI is InChI=1S/C15H20O4/c1-19-13-11(10-16)6-5-7-12(13)15(14(17)18)8-3-2-4-9-15/h5-7,16H,2-4,8-10H2,1H3,(H,17,18). The Hall–Kier alpha value is -1.55. The van der Waals surface area contributed by atoms with Crippen molar-refractivity contribution in [1.82, 2.24) is 0 Å². The summed E-state index contributed by atoms with van der Waals surface area (Å²) in [6.07, 6.45) is 4.18. The van der Waals surface area contributed by atoms with Crippen LogP contribution in [0.5, 0.6) is 5.75 Å². The van der Waals surface area contributed by atoms with E-state index in [0.29, 0.717) is 29.7 Å². The molecule has 1 aromatic rings. The number of hydrogen-bond donors (Lipinski definition) is 2. The number of hydrogen-bond acceptors (Lipinski definition) is 3. The first kappa shape index (κ1) is 13.9. The monoisotopic (exact) mass is 264 g/mol. The molecule has 0 atom stereocenters. The molecule has 0 aromatic heterocycles. The summed E-state index contributed by atoms with van der Waals surface area (Å²) in [6.45, 7) is -0.146. The van der Waals surface area contributed by atoms with Crippen molar-refractivity contribution < 1.29 is 19.7 Å². The van der Waals surface area contributed by atoms with Crippen molar-refractivity contribution in [2.75, 3.05) is 7.11 Å². The van der Waals surface area contributed by atoms with E-state index in [-0.39, 0.29) is 6.61 Å². The molecular weight excluding hydrogens is 244 g/mol. The SMILES string of the molecule is COc1c(CO)cccc1C1(C(=O)O)CCCCC1. The van der Waals surface area contributed by atoms with Gasteiger partial charge in [-0.25, -0.2) is 0 Å². The predicted molar refractivity (Wildman–Crippen MR) is 71.3 cm³/mol. The second-order valence-electron chi connectivity index (χ2n) is 5.10. The van der Waals surface area contributed by atoms with Crippen LogP contribution in [0.3, 0.4) is 0 Å².